The zero-order valence-corrected chi connectivity index (χ0v) is 14.7. The number of hydrogen-bond donors (Lipinski definition) is 0. The molecule has 6 heteroatoms. The van der Waals surface area contributed by atoms with E-state index in [4.69, 9.17) is 13.3 Å². The van der Waals surface area contributed by atoms with Gasteiger partial charge in [0.2, 0.25) is 0 Å². The third kappa shape index (κ3) is 6.12. The van der Waals surface area contributed by atoms with Gasteiger partial charge in [0.25, 0.3) is 0 Å². The Morgan fingerprint density at radius 2 is 1.68 bits per heavy atom. The molecule has 0 aliphatic rings. The van der Waals surface area contributed by atoms with Crippen LogP contribution in [0.5, 0.6) is 0 Å². The molecular formula is C16H26F2O3Si. The van der Waals surface area contributed by atoms with Gasteiger partial charge in [-0.1, -0.05) is 18.9 Å². The molecule has 1 aromatic carbocycles. The van der Waals surface area contributed by atoms with Gasteiger partial charge >= 0.3 is 8.80 Å². The highest BCUT2D eigenvalue weighted by molar-refractivity contribution is 6.60. The molecule has 0 unspecified atom stereocenters. The summed E-state index contributed by atoms with van der Waals surface area (Å²) in [5.74, 6) is -0.987. The number of rotatable bonds is 11. The molecular weight excluding hydrogens is 306 g/mol. The highest BCUT2D eigenvalue weighted by atomic mass is 28.4. The van der Waals surface area contributed by atoms with E-state index in [2.05, 4.69) is 0 Å². The second kappa shape index (κ2) is 10.0. The molecule has 0 saturated carbocycles. The fraction of sp³-hybridized carbons (Fsp3) is 0.625. The second-order valence-electron chi connectivity index (χ2n) is 5.17. The first kappa shape index (κ1) is 19.2. The zero-order valence-electron chi connectivity index (χ0n) is 13.7. The quantitative estimate of drug-likeness (QED) is 0.446. The highest BCUT2D eigenvalue weighted by Gasteiger charge is 2.37. The van der Waals surface area contributed by atoms with Gasteiger partial charge in [0.05, 0.1) is 0 Å². The fourth-order valence-corrected chi connectivity index (χ4v) is 4.51. The first-order chi connectivity index (χ1) is 10.6. The number of benzene rings is 1. The average Bonchev–Trinajstić information content (AvgIpc) is 2.51. The molecule has 0 aromatic heterocycles. The van der Waals surface area contributed by atoms with E-state index in [1.807, 2.05) is 6.92 Å². The minimum Gasteiger partial charge on any atom is -0.377 e. The summed E-state index contributed by atoms with van der Waals surface area (Å²) < 4.78 is 42.8. The molecule has 0 N–H and O–H groups in total. The van der Waals surface area contributed by atoms with E-state index in [9.17, 15) is 8.78 Å². The molecule has 0 amide bonds. The summed E-state index contributed by atoms with van der Waals surface area (Å²) in [5.41, 5.74) is 0.577. The fourth-order valence-electron chi connectivity index (χ4n) is 2.43. The predicted molar refractivity (Wildman–Crippen MR) is 84.7 cm³/mol. The van der Waals surface area contributed by atoms with Crippen molar-refractivity contribution in [2.75, 3.05) is 20.8 Å². The molecule has 22 heavy (non-hydrogen) atoms. The molecule has 0 fully saturated rings. The predicted octanol–water partition coefficient (Wildman–Crippen LogP) is 4.34. The van der Waals surface area contributed by atoms with E-state index in [0.29, 0.717) is 18.6 Å². The first-order valence-corrected chi connectivity index (χ1v) is 9.68. The Balaban J connectivity index is 2.25. The van der Waals surface area contributed by atoms with E-state index < -0.39 is 20.4 Å². The summed E-state index contributed by atoms with van der Waals surface area (Å²) in [6, 6.07) is 4.55. The Bertz CT molecular complexity index is 439. The maximum Gasteiger partial charge on any atom is 0.500 e. The van der Waals surface area contributed by atoms with Crippen LogP contribution in [0.25, 0.3) is 0 Å². The normalized spacial score (nSPS) is 11.9. The van der Waals surface area contributed by atoms with Gasteiger partial charge in [0.15, 0.2) is 0 Å². The lowest BCUT2D eigenvalue weighted by Crippen LogP contribution is -2.43. The van der Waals surface area contributed by atoms with E-state index in [1.165, 1.54) is 12.1 Å². The van der Waals surface area contributed by atoms with Crippen LogP contribution in [-0.4, -0.2) is 29.6 Å². The Kier molecular flexibility index (Phi) is 8.78. The smallest absolute Gasteiger partial charge is 0.377 e. The maximum absolute atomic E-state index is 13.5. The van der Waals surface area contributed by atoms with Crippen LogP contribution < -0.4 is 0 Å². The lowest BCUT2D eigenvalue weighted by molar-refractivity contribution is 0.103. The van der Waals surface area contributed by atoms with Crippen LogP contribution in [0.4, 0.5) is 8.78 Å². The average molecular weight is 332 g/mol. The summed E-state index contributed by atoms with van der Waals surface area (Å²) in [6.45, 7) is 2.51. The highest BCUT2D eigenvalue weighted by Crippen LogP contribution is 2.19. The molecule has 0 heterocycles. The van der Waals surface area contributed by atoms with Crippen molar-refractivity contribution in [3.8, 4) is 0 Å². The van der Waals surface area contributed by atoms with Crippen molar-refractivity contribution in [3.63, 3.8) is 0 Å². The SMILES string of the molecule is CCO[Si](CCCCCCc1ccc(F)cc1F)(OC)OC. The van der Waals surface area contributed by atoms with Crippen molar-refractivity contribution < 1.29 is 22.1 Å². The van der Waals surface area contributed by atoms with Crippen LogP contribution in [-0.2, 0) is 19.7 Å². The van der Waals surface area contributed by atoms with Crippen molar-refractivity contribution in [3.05, 3.63) is 35.4 Å². The van der Waals surface area contributed by atoms with Gasteiger partial charge in [0.1, 0.15) is 11.6 Å². The Hall–Kier alpha value is -0.823. The molecule has 1 aromatic rings. The van der Waals surface area contributed by atoms with Gasteiger partial charge in [-0.25, -0.2) is 8.78 Å². The molecule has 0 radical (unpaired) electrons. The number of hydrogen-bond acceptors (Lipinski definition) is 3. The van der Waals surface area contributed by atoms with Gasteiger partial charge in [-0.05, 0) is 37.8 Å². The summed E-state index contributed by atoms with van der Waals surface area (Å²) >= 11 is 0. The lowest BCUT2D eigenvalue weighted by Gasteiger charge is -2.25. The molecule has 3 nitrogen and oxygen atoms in total. The van der Waals surface area contributed by atoms with Gasteiger partial charge in [0, 0.05) is 32.9 Å². The van der Waals surface area contributed by atoms with Crippen molar-refractivity contribution in [2.24, 2.45) is 0 Å². The minimum atomic E-state index is -2.48. The third-order valence-corrected chi connectivity index (χ3v) is 6.62. The van der Waals surface area contributed by atoms with Crippen molar-refractivity contribution in [2.45, 2.75) is 45.1 Å². The third-order valence-electron chi connectivity index (χ3n) is 3.68. The number of unbranched alkanes of at least 4 members (excludes halogenated alkanes) is 3. The van der Waals surface area contributed by atoms with Gasteiger partial charge < -0.3 is 13.3 Å². The summed E-state index contributed by atoms with van der Waals surface area (Å²) in [4.78, 5) is 0. The van der Waals surface area contributed by atoms with Gasteiger partial charge in [-0.3, -0.25) is 0 Å². The van der Waals surface area contributed by atoms with E-state index >= 15 is 0 Å². The molecule has 0 aliphatic carbocycles. The molecule has 0 spiro atoms. The summed E-state index contributed by atoms with van der Waals surface area (Å²) in [6.07, 6.45) is 4.47. The summed E-state index contributed by atoms with van der Waals surface area (Å²) in [5, 5.41) is 0. The standard InChI is InChI=1S/C16H26F2O3Si/c1-4-21-22(19-2,20-3)12-8-6-5-7-9-14-10-11-15(17)13-16(14)18/h10-11,13H,4-9,12H2,1-3H3. The first-order valence-electron chi connectivity index (χ1n) is 7.75. The van der Waals surface area contributed by atoms with Crippen LogP contribution >= 0.6 is 0 Å². The molecule has 0 bridgehead atoms. The number of halogens is 2. The molecule has 0 atom stereocenters. The van der Waals surface area contributed by atoms with Crippen molar-refractivity contribution in [1.29, 1.82) is 0 Å². The van der Waals surface area contributed by atoms with Crippen LogP contribution in [0.15, 0.2) is 18.2 Å². The Morgan fingerprint density at radius 3 is 2.27 bits per heavy atom. The van der Waals surface area contributed by atoms with E-state index in [0.717, 1.165) is 37.8 Å². The second-order valence-corrected chi connectivity index (χ2v) is 8.15. The van der Waals surface area contributed by atoms with Crippen molar-refractivity contribution in [1.82, 2.24) is 0 Å². The van der Waals surface area contributed by atoms with Crippen LogP contribution in [0, 0.1) is 11.6 Å². The van der Waals surface area contributed by atoms with Gasteiger partial charge in [-0.2, -0.15) is 0 Å². The zero-order chi connectivity index (χ0) is 16.4. The van der Waals surface area contributed by atoms with E-state index in [-0.39, 0.29) is 0 Å². The largest absolute Gasteiger partial charge is 0.500 e. The lowest BCUT2D eigenvalue weighted by atomic mass is 10.1. The minimum absolute atomic E-state index is 0.457. The van der Waals surface area contributed by atoms with Crippen LogP contribution in [0.3, 0.4) is 0 Å². The van der Waals surface area contributed by atoms with Crippen molar-refractivity contribution >= 4 is 8.80 Å². The van der Waals surface area contributed by atoms with Gasteiger partial charge in [-0.15, -0.1) is 0 Å². The topological polar surface area (TPSA) is 27.7 Å². The molecule has 0 saturated heterocycles. The Labute approximate surface area is 133 Å². The summed E-state index contributed by atoms with van der Waals surface area (Å²) in [7, 11) is 0.771. The molecule has 126 valence electrons. The number of aryl methyl sites for hydroxylation is 1. The van der Waals surface area contributed by atoms with Crippen LogP contribution in [0.1, 0.15) is 38.2 Å². The molecule has 0 aliphatic heterocycles. The molecule has 1 rings (SSSR count). The monoisotopic (exact) mass is 332 g/mol. The van der Waals surface area contributed by atoms with E-state index in [1.54, 1.807) is 14.2 Å². The van der Waals surface area contributed by atoms with Crippen LogP contribution in [0.2, 0.25) is 6.04 Å². The maximum atomic E-state index is 13.5. The Morgan fingerprint density at radius 1 is 1.00 bits per heavy atom.